The maximum atomic E-state index is 10.9. The van der Waals surface area contributed by atoms with Crippen molar-refractivity contribution in [2.24, 2.45) is 0 Å². The molecule has 0 aromatic heterocycles. The lowest BCUT2D eigenvalue weighted by Crippen LogP contribution is -2.33. The zero-order chi connectivity index (χ0) is 14.5. The van der Waals surface area contributed by atoms with Crippen LogP contribution in [0.25, 0.3) is 0 Å². The molecule has 2 rings (SSSR count). The van der Waals surface area contributed by atoms with E-state index in [2.05, 4.69) is 33.1 Å². The fourth-order valence-corrected chi connectivity index (χ4v) is 2.83. The van der Waals surface area contributed by atoms with Crippen LogP contribution in [0.15, 0.2) is 22.7 Å². The third-order valence-corrected chi connectivity index (χ3v) is 4.40. The largest absolute Gasteiger partial charge is 0.478 e. The summed E-state index contributed by atoms with van der Waals surface area (Å²) in [5.74, 6) is -0.895. The predicted molar refractivity (Wildman–Crippen MR) is 83.1 cm³/mol. The van der Waals surface area contributed by atoms with Crippen LogP contribution in [0.2, 0.25) is 0 Å². The molecule has 1 aliphatic carbocycles. The number of nitrogens with one attached hydrogen (secondary N) is 1. The van der Waals surface area contributed by atoms with Crippen molar-refractivity contribution in [2.75, 3.05) is 19.6 Å². The summed E-state index contributed by atoms with van der Waals surface area (Å²) >= 11 is 3.43. The summed E-state index contributed by atoms with van der Waals surface area (Å²) < 4.78 is 0.847. The lowest BCUT2D eigenvalue weighted by molar-refractivity contribution is 0.0697. The molecule has 20 heavy (non-hydrogen) atoms. The summed E-state index contributed by atoms with van der Waals surface area (Å²) in [7, 11) is 0. The molecule has 0 amide bonds. The van der Waals surface area contributed by atoms with E-state index in [1.54, 1.807) is 12.1 Å². The van der Waals surface area contributed by atoms with Crippen LogP contribution in [0.4, 0.5) is 0 Å². The molecule has 110 valence electrons. The molecule has 1 aliphatic rings. The number of halogens is 1. The average molecular weight is 341 g/mol. The van der Waals surface area contributed by atoms with Crippen molar-refractivity contribution in [3.63, 3.8) is 0 Å². The SMILES string of the molecule is CCN(CCNCc1ccc(C(=O)O)cc1Br)C1CC1. The summed E-state index contributed by atoms with van der Waals surface area (Å²) in [6.45, 7) is 6.11. The molecule has 0 radical (unpaired) electrons. The van der Waals surface area contributed by atoms with Crippen molar-refractivity contribution in [3.05, 3.63) is 33.8 Å². The standard InChI is InChI=1S/C15H21BrN2O2/c1-2-18(13-5-6-13)8-7-17-10-12-4-3-11(15(19)20)9-14(12)16/h3-4,9,13,17H,2,5-8,10H2,1H3,(H,19,20). The Bertz CT molecular complexity index is 475. The normalized spacial score (nSPS) is 14.8. The van der Waals surface area contributed by atoms with E-state index in [4.69, 9.17) is 5.11 Å². The molecule has 0 spiro atoms. The second-order valence-corrected chi connectivity index (χ2v) is 6.00. The van der Waals surface area contributed by atoms with Gasteiger partial charge in [0.25, 0.3) is 0 Å². The number of likely N-dealkylation sites (N-methyl/N-ethyl adjacent to an activating group) is 1. The monoisotopic (exact) mass is 340 g/mol. The second-order valence-electron chi connectivity index (χ2n) is 5.15. The highest BCUT2D eigenvalue weighted by Crippen LogP contribution is 2.25. The predicted octanol–water partition coefficient (Wildman–Crippen LogP) is 2.72. The summed E-state index contributed by atoms with van der Waals surface area (Å²) in [6, 6.07) is 5.97. The van der Waals surface area contributed by atoms with Crippen LogP contribution in [0.1, 0.15) is 35.7 Å². The summed E-state index contributed by atoms with van der Waals surface area (Å²) in [5, 5.41) is 12.3. The molecular formula is C15H21BrN2O2. The number of carboxylic acids is 1. The van der Waals surface area contributed by atoms with Crippen molar-refractivity contribution in [3.8, 4) is 0 Å². The maximum absolute atomic E-state index is 10.9. The van der Waals surface area contributed by atoms with Crippen LogP contribution in [0, 0.1) is 0 Å². The van der Waals surface area contributed by atoms with Gasteiger partial charge in [-0.2, -0.15) is 0 Å². The Kier molecular flexibility index (Phi) is 5.57. The molecule has 4 nitrogen and oxygen atoms in total. The fourth-order valence-electron chi connectivity index (χ4n) is 2.31. The molecule has 0 aliphatic heterocycles. The molecule has 0 bridgehead atoms. The first-order chi connectivity index (χ1) is 9.61. The van der Waals surface area contributed by atoms with E-state index in [9.17, 15) is 4.79 Å². The van der Waals surface area contributed by atoms with E-state index in [1.165, 1.54) is 12.8 Å². The van der Waals surface area contributed by atoms with E-state index < -0.39 is 5.97 Å². The van der Waals surface area contributed by atoms with Gasteiger partial charge in [0.05, 0.1) is 5.56 Å². The van der Waals surface area contributed by atoms with Crippen LogP contribution < -0.4 is 5.32 Å². The van der Waals surface area contributed by atoms with Crippen LogP contribution in [0.5, 0.6) is 0 Å². The lowest BCUT2D eigenvalue weighted by atomic mass is 10.1. The molecule has 1 saturated carbocycles. The molecule has 1 fully saturated rings. The van der Waals surface area contributed by atoms with Crippen LogP contribution >= 0.6 is 15.9 Å². The van der Waals surface area contributed by atoms with Gasteiger partial charge < -0.3 is 10.4 Å². The Balaban J connectivity index is 1.77. The van der Waals surface area contributed by atoms with Gasteiger partial charge in [-0.25, -0.2) is 4.79 Å². The molecule has 1 aromatic rings. The molecular weight excluding hydrogens is 320 g/mol. The Morgan fingerprint density at radius 1 is 1.50 bits per heavy atom. The van der Waals surface area contributed by atoms with E-state index in [0.29, 0.717) is 5.56 Å². The quantitative estimate of drug-likeness (QED) is 0.714. The van der Waals surface area contributed by atoms with E-state index in [0.717, 1.165) is 42.3 Å². The van der Waals surface area contributed by atoms with Crippen molar-refractivity contribution >= 4 is 21.9 Å². The smallest absolute Gasteiger partial charge is 0.335 e. The Morgan fingerprint density at radius 2 is 2.25 bits per heavy atom. The molecule has 0 saturated heterocycles. The topological polar surface area (TPSA) is 52.6 Å². The number of carboxylic acid groups (broad SMARTS) is 1. The van der Waals surface area contributed by atoms with Gasteiger partial charge in [0.2, 0.25) is 0 Å². The van der Waals surface area contributed by atoms with Crippen molar-refractivity contribution in [2.45, 2.75) is 32.4 Å². The first-order valence-electron chi connectivity index (χ1n) is 7.08. The zero-order valence-corrected chi connectivity index (χ0v) is 13.3. The minimum Gasteiger partial charge on any atom is -0.478 e. The lowest BCUT2D eigenvalue weighted by Gasteiger charge is -2.19. The van der Waals surface area contributed by atoms with Gasteiger partial charge >= 0.3 is 5.97 Å². The van der Waals surface area contributed by atoms with E-state index >= 15 is 0 Å². The van der Waals surface area contributed by atoms with Crippen LogP contribution in [-0.4, -0.2) is 41.7 Å². The minimum atomic E-state index is -0.895. The van der Waals surface area contributed by atoms with Gasteiger partial charge in [-0.05, 0) is 37.1 Å². The number of hydrogen-bond acceptors (Lipinski definition) is 3. The first-order valence-corrected chi connectivity index (χ1v) is 7.87. The highest BCUT2D eigenvalue weighted by Gasteiger charge is 2.26. The van der Waals surface area contributed by atoms with E-state index in [1.807, 2.05) is 6.07 Å². The average Bonchev–Trinajstić information content (AvgIpc) is 3.24. The zero-order valence-electron chi connectivity index (χ0n) is 11.7. The molecule has 5 heteroatoms. The molecule has 1 aromatic carbocycles. The maximum Gasteiger partial charge on any atom is 0.335 e. The molecule has 0 heterocycles. The van der Waals surface area contributed by atoms with Gasteiger partial charge in [0.1, 0.15) is 0 Å². The summed E-state index contributed by atoms with van der Waals surface area (Å²) in [5.41, 5.74) is 1.40. The Labute approximate surface area is 128 Å². The number of aromatic carboxylic acids is 1. The first kappa shape index (κ1) is 15.5. The van der Waals surface area contributed by atoms with Gasteiger partial charge in [0, 0.05) is 30.1 Å². The highest BCUT2D eigenvalue weighted by atomic mass is 79.9. The van der Waals surface area contributed by atoms with Gasteiger partial charge in [-0.1, -0.05) is 28.9 Å². The minimum absolute atomic E-state index is 0.312. The fraction of sp³-hybridized carbons (Fsp3) is 0.533. The van der Waals surface area contributed by atoms with Crippen LogP contribution in [-0.2, 0) is 6.54 Å². The van der Waals surface area contributed by atoms with Crippen molar-refractivity contribution < 1.29 is 9.90 Å². The van der Waals surface area contributed by atoms with Gasteiger partial charge in [0.15, 0.2) is 0 Å². The Morgan fingerprint density at radius 3 is 2.80 bits per heavy atom. The number of carbonyl (C=O) groups is 1. The Hall–Kier alpha value is -0.910. The highest BCUT2D eigenvalue weighted by molar-refractivity contribution is 9.10. The summed E-state index contributed by atoms with van der Waals surface area (Å²) in [4.78, 5) is 13.4. The molecule has 0 unspecified atom stereocenters. The van der Waals surface area contributed by atoms with Gasteiger partial charge in [-0.15, -0.1) is 0 Å². The van der Waals surface area contributed by atoms with Crippen molar-refractivity contribution in [1.82, 2.24) is 10.2 Å². The number of hydrogen-bond donors (Lipinski definition) is 2. The third-order valence-electron chi connectivity index (χ3n) is 3.66. The molecule has 0 atom stereocenters. The van der Waals surface area contributed by atoms with Crippen LogP contribution in [0.3, 0.4) is 0 Å². The summed E-state index contributed by atoms with van der Waals surface area (Å²) in [6.07, 6.45) is 2.69. The second kappa shape index (κ2) is 7.20. The number of rotatable bonds is 8. The van der Waals surface area contributed by atoms with Gasteiger partial charge in [-0.3, -0.25) is 4.90 Å². The van der Waals surface area contributed by atoms with Crippen molar-refractivity contribution in [1.29, 1.82) is 0 Å². The number of nitrogens with zero attached hydrogens (tertiary/aromatic N) is 1. The number of benzene rings is 1. The third kappa shape index (κ3) is 4.30. The molecule has 2 N–H and O–H groups in total. The van der Waals surface area contributed by atoms with E-state index in [-0.39, 0.29) is 0 Å².